The zero-order chi connectivity index (χ0) is 35.4. The Morgan fingerprint density at radius 1 is 0.588 bits per heavy atom. The number of piperidine rings is 1. The van der Waals surface area contributed by atoms with Crippen LogP contribution in [0.15, 0.2) is 134 Å². The van der Waals surface area contributed by atoms with Crippen LogP contribution in [0.1, 0.15) is 19.3 Å². The van der Waals surface area contributed by atoms with Gasteiger partial charge in [-0.3, -0.25) is 0 Å². The Balaban J connectivity index is 0.000000183. The van der Waals surface area contributed by atoms with Gasteiger partial charge in [0.05, 0.1) is 11.4 Å². The second kappa shape index (κ2) is 17.2. The molecule has 1 fully saturated rings. The zero-order valence-electron chi connectivity index (χ0n) is 27.6. The number of carbonyl (C=O) groups is 2. The van der Waals surface area contributed by atoms with Crippen LogP contribution >= 0.6 is 23.2 Å². The fraction of sp³-hybridized carbons (Fsp3) is 0.128. The van der Waals surface area contributed by atoms with Gasteiger partial charge >= 0.3 is 12.1 Å². The number of anilines is 5. The monoisotopic (exact) mass is 718 g/mol. The first-order valence-electron chi connectivity index (χ1n) is 16.5. The van der Waals surface area contributed by atoms with Gasteiger partial charge < -0.3 is 26.2 Å². The molecule has 3 heterocycles. The quantitative estimate of drug-likeness (QED) is 0.131. The van der Waals surface area contributed by atoms with Gasteiger partial charge in [-0.2, -0.15) is 5.10 Å². The average molecular weight is 720 g/mol. The summed E-state index contributed by atoms with van der Waals surface area (Å²) < 4.78 is 1.72. The highest BCUT2D eigenvalue weighted by Crippen LogP contribution is 2.25. The smallest absolute Gasteiger partial charge is 0.323 e. The molecule has 1 aliphatic rings. The number of benzene rings is 4. The fourth-order valence-electron chi connectivity index (χ4n) is 5.44. The maximum atomic E-state index is 12.3. The van der Waals surface area contributed by atoms with Crippen molar-refractivity contribution in [2.75, 3.05) is 39.3 Å². The first kappa shape index (κ1) is 35.0. The molecule has 7 rings (SSSR count). The molecule has 4 amide bonds. The third-order valence-electron chi connectivity index (χ3n) is 7.91. The topological polar surface area (TPSA) is 116 Å². The highest BCUT2D eigenvalue weighted by Gasteiger charge is 2.13. The average Bonchev–Trinajstić information content (AvgIpc) is 3.70. The van der Waals surface area contributed by atoms with E-state index in [4.69, 9.17) is 28.2 Å². The minimum absolute atomic E-state index is 0.306. The van der Waals surface area contributed by atoms with Gasteiger partial charge in [-0.15, -0.1) is 0 Å². The van der Waals surface area contributed by atoms with Crippen LogP contribution in [0.5, 0.6) is 0 Å². The molecule has 0 aliphatic carbocycles. The molecule has 0 atom stereocenters. The van der Waals surface area contributed by atoms with E-state index in [9.17, 15) is 9.59 Å². The molecule has 1 saturated heterocycles. The van der Waals surface area contributed by atoms with Gasteiger partial charge in [0, 0.05) is 63.8 Å². The van der Waals surface area contributed by atoms with Gasteiger partial charge in [0.2, 0.25) is 0 Å². The lowest BCUT2D eigenvalue weighted by molar-refractivity contribution is 0.261. The Labute approximate surface area is 306 Å². The minimum Gasteiger partial charge on any atom is -0.357 e. The van der Waals surface area contributed by atoms with Crippen molar-refractivity contribution >= 4 is 63.8 Å². The number of nitrogens with one attached hydrogen (secondary N) is 4. The van der Waals surface area contributed by atoms with Crippen molar-refractivity contribution in [3.8, 4) is 16.9 Å². The summed E-state index contributed by atoms with van der Waals surface area (Å²) >= 11 is 11.7. The van der Waals surface area contributed by atoms with E-state index in [0.717, 1.165) is 35.9 Å². The first-order valence-corrected chi connectivity index (χ1v) is 17.2. The van der Waals surface area contributed by atoms with Crippen LogP contribution in [0.25, 0.3) is 16.9 Å². The van der Waals surface area contributed by atoms with E-state index in [-0.39, 0.29) is 12.1 Å². The van der Waals surface area contributed by atoms with Crippen molar-refractivity contribution in [1.82, 2.24) is 14.8 Å². The summed E-state index contributed by atoms with van der Waals surface area (Å²) in [6, 6.07) is 36.4. The lowest BCUT2D eigenvalue weighted by Gasteiger charge is -2.28. The van der Waals surface area contributed by atoms with E-state index < -0.39 is 0 Å². The van der Waals surface area contributed by atoms with Gasteiger partial charge in [-0.25, -0.2) is 19.3 Å². The van der Waals surface area contributed by atoms with Gasteiger partial charge in [0.1, 0.15) is 5.82 Å². The second-order valence-corrected chi connectivity index (χ2v) is 12.6. The Bertz CT molecular complexity index is 2050. The number of carbonyl (C=O) groups excluding carboxylic acids is 2. The molecular formula is C39H36Cl2N8O2. The van der Waals surface area contributed by atoms with Crippen LogP contribution in [0.3, 0.4) is 0 Å². The Kier molecular flexibility index (Phi) is 11.8. The van der Waals surface area contributed by atoms with Crippen LogP contribution in [0.2, 0.25) is 10.0 Å². The number of hydrogen-bond acceptors (Lipinski definition) is 5. The second-order valence-electron chi connectivity index (χ2n) is 11.7. The number of aromatic nitrogens is 3. The Morgan fingerprint density at radius 3 is 1.76 bits per heavy atom. The predicted molar refractivity (Wildman–Crippen MR) is 207 cm³/mol. The molecule has 12 heteroatoms. The van der Waals surface area contributed by atoms with Crippen molar-refractivity contribution in [2.45, 2.75) is 19.3 Å². The molecule has 0 bridgehead atoms. The van der Waals surface area contributed by atoms with Crippen LogP contribution in [-0.4, -0.2) is 39.9 Å². The summed E-state index contributed by atoms with van der Waals surface area (Å²) in [6.07, 6.45) is 7.27. The Morgan fingerprint density at radius 2 is 1.16 bits per heavy atom. The minimum atomic E-state index is -0.320. The number of halogens is 2. The molecule has 0 radical (unpaired) electrons. The lowest BCUT2D eigenvalue weighted by Crippen LogP contribution is -2.30. The van der Waals surface area contributed by atoms with E-state index in [0.29, 0.717) is 32.8 Å². The molecule has 258 valence electrons. The molecule has 2 aromatic heterocycles. The van der Waals surface area contributed by atoms with Gasteiger partial charge in [0.15, 0.2) is 0 Å². The largest absolute Gasteiger partial charge is 0.357 e. The van der Waals surface area contributed by atoms with Gasteiger partial charge in [-0.05, 0) is 116 Å². The standard InChI is InChI=1S/C23H23ClN4O.C16H13ClN4O/c24-18-10-12-19(13-11-18)25-23(29)26-20-7-4-6-17(16-20)21-8-5-9-22(27-21)28-14-2-1-3-15-28;17-12-5-7-13(8-6-12)19-16(22)20-14-3-1-4-15(11-14)21-10-2-9-18-21/h4-13,16H,1-3,14-15H2,(H2,25,26,29);1-11H,(H2,19,20,22). The SMILES string of the molecule is O=C(Nc1ccc(Cl)cc1)Nc1cccc(-c2cccc(N3CCCCC3)n2)c1.O=C(Nc1ccc(Cl)cc1)Nc1cccc(-n2cccn2)c1. The zero-order valence-corrected chi connectivity index (χ0v) is 29.1. The summed E-state index contributed by atoms with van der Waals surface area (Å²) in [5, 5.41) is 16.6. The molecule has 4 N–H and O–H groups in total. The highest BCUT2D eigenvalue weighted by molar-refractivity contribution is 6.31. The maximum absolute atomic E-state index is 12.3. The number of hydrogen-bond donors (Lipinski definition) is 4. The number of rotatable bonds is 7. The number of pyridine rings is 1. The van der Waals surface area contributed by atoms with Crippen LogP contribution in [-0.2, 0) is 0 Å². The molecule has 0 unspecified atom stereocenters. The maximum Gasteiger partial charge on any atom is 0.323 e. The van der Waals surface area contributed by atoms with E-state index in [1.165, 1.54) is 19.3 Å². The number of nitrogens with zero attached hydrogens (tertiary/aromatic N) is 4. The summed E-state index contributed by atoms with van der Waals surface area (Å²) in [7, 11) is 0. The Hall–Kier alpha value is -5.84. The van der Waals surface area contributed by atoms with Gasteiger partial charge in [0.25, 0.3) is 0 Å². The molecular weight excluding hydrogens is 683 g/mol. The molecule has 6 aromatic rings. The van der Waals surface area contributed by atoms with Crippen LogP contribution in [0.4, 0.5) is 38.2 Å². The molecule has 0 saturated carbocycles. The van der Waals surface area contributed by atoms with Crippen molar-refractivity contribution in [2.24, 2.45) is 0 Å². The molecule has 0 spiro atoms. The normalized spacial score (nSPS) is 12.2. The third-order valence-corrected chi connectivity index (χ3v) is 8.41. The predicted octanol–water partition coefficient (Wildman–Crippen LogP) is 10.2. The third kappa shape index (κ3) is 10.3. The molecule has 10 nitrogen and oxygen atoms in total. The summed E-state index contributed by atoms with van der Waals surface area (Å²) in [5.41, 5.74) is 5.47. The van der Waals surface area contributed by atoms with E-state index >= 15 is 0 Å². The summed E-state index contributed by atoms with van der Waals surface area (Å²) in [5.74, 6) is 1.01. The van der Waals surface area contributed by atoms with Crippen LogP contribution < -0.4 is 26.2 Å². The van der Waals surface area contributed by atoms with E-state index in [1.807, 2.05) is 72.9 Å². The summed E-state index contributed by atoms with van der Waals surface area (Å²) in [4.78, 5) is 31.5. The lowest BCUT2D eigenvalue weighted by atomic mass is 10.1. The highest BCUT2D eigenvalue weighted by atomic mass is 35.5. The fourth-order valence-corrected chi connectivity index (χ4v) is 5.69. The molecule has 51 heavy (non-hydrogen) atoms. The van der Waals surface area contributed by atoms with Crippen LogP contribution in [0, 0.1) is 0 Å². The summed E-state index contributed by atoms with van der Waals surface area (Å²) in [6.45, 7) is 2.12. The van der Waals surface area contributed by atoms with Crippen molar-refractivity contribution < 1.29 is 9.59 Å². The number of urea groups is 2. The van der Waals surface area contributed by atoms with E-state index in [1.54, 1.807) is 59.4 Å². The number of amides is 4. The first-order chi connectivity index (χ1) is 24.9. The van der Waals surface area contributed by atoms with E-state index in [2.05, 4.69) is 37.3 Å². The van der Waals surface area contributed by atoms with Gasteiger partial charge in [-0.1, -0.05) is 47.5 Å². The van der Waals surface area contributed by atoms with Crippen molar-refractivity contribution in [1.29, 1.82) is 0 Å². The van der Waals surface area contributed by atoms with Crippen molar-refractivity contribution in [3.05, 3.63) is 144 Å². The van der Waals surface area contributed by atoms with Crippen molar-refractivity contribution in [3.63, 3.8) is 0 Å². The molecule has 4 aromatic carbocycles. The molecule has 1 aliphatic heterocycles.